The Morgan fingerprint density at radius 3 is 2.89 bits per heavy atom. The number of pyridine rings is 1. The summed E-state index contributed by atoms with van der Waals surface area (Å²) >= 11 is 6.19. The minimum atomic E-state index is -2.90. The van der Waals surface area contributed by atoms with Crippen LogP contribution in [0, 0.1) is 17.8 Å². The summed E-state index contributed by atoms with van der Waals surface area (Å²) in [6.45, 7) is -0.271. The summed E-state index contributed by atoms with van der Waals surface area (Å²) in [7, 11) is 1.43. The van der Waals surface area contributed by atoms with Crippen LogP contribution in [-0.2, 0) is 7.05 Å². The van der Waals surface area contributed by atoms with E-state index in [-0.39, 0.29) is 28.5 Å². The minimum absolute atomic E-state index is 0.0254. The molecule has 0 aliphatic heterocycles. The van der Waals surface area contributed by atoms with Gasteiger partial charge in [0.15, 0.2) is 0 Å². The monoisotopic (exact) mass is 407 g/mol. The molecule has 0 radical (unpaired) electrons. The van der Waals surface area contributed by atoms with Gasteiger partial charge in [-0.3, -0.25) is 14.5 Å². The van der Waals surface area contributed by atoms with E-state index in [1.165, 1.54) is 19.4 Å². The van der Waals surface area contributed by atoms with Crippen LogP contribution >= 0.6 is 11.6 Å². The van der Waals surface area contributed by atoms with E-state index in [1.807, 2.05) is 0 Å². The van der Waals surface area contributed by atoms with Gasteiger partial charge < -0.3 is 10.5 Å². The lowest BCUT2D eigenvalue weighted by atomic mass is 10.2. The molecule has 1 saturated carbocycles. The van der Waals surface area contributed by atoms with Crippen LogP contribution in [0.5, 0.6) is 0 Å². The van der Waals surface area contributed by atoms with Crippen molar-refractivity contribution in [3.05, 3.63) is 46.0 Å². The van der Waals surface area contributed by atoms with Crippen molar-refractivity contribution in [1.82, 2.24) is 20.1 Å². The number of oxime groups is 1. The smallest absolute Gasteiger partial charge is 0.282 e. The third kappa shape index (κ3) is 4.64. The van der Waals surface area contributed by atoms with Gasteiger partial charge in [0.2, 0.25) is 0 Å². The molecule has 7 nitrogen and oxygen atoms in total. The Hall–Kier alpha value is -2.99. The van der Waals surface area contributed by atoms with Gasteiger partial charge in [-0.15, -0.1) is 0 Å². The molecule has 0 spiro atoms. The zero-order valence-electron chi connectivity index (χ0n) is 14.8. The molecular formula is C18H16ClF2N5O2. The topological polar surface area (TPSA) is 92.4 Å². The summed E-state index contributed by atoms with van der Waals surface area (Å²) < 4.78 is 27.1. The second-order valence-electron chi connectivity index (χ2n) is 6.23. The molecule has 1 aliphatic rings. The first kappa shape index (κ1) is 19.8. The number of nitrogens with one attached hydrogen (secondary N) is 1. The average molecular weight is 408 g/mol. The lowest BCUT2D eigenvalue weighted by Crippen LogP contribution is -2.31. The van der Waals surface area contributed by atoms with Gasteiger partial charge in [0.05, 0.1) is 17.1 Å². The molecule has 2 N–H and O–H groups in total. The molecule has 28 heavy (non-hydrogen) atoms. The molecule has 2 heterocycles. The third-order valence-electron chi connectivity index (χ3n) is 3.96. The number of hydrogen-bond acceptors (Lipinski definition) is 5. The van der Waals surface area contributed by atoms with E-state index in [2.05, 4.69) is 32.4 Å². The highest BCUT2D eigenvalue weighted by Crippen LogP contribution is 2.27. The van der Waals surface area contributed by atoms with Crippen LogP contribution in [0.2, 0.25) is 5.02 Å². The molecule has 2 aromatic rings. The Balaban J connectivity index is 1.71. The van der Waals surface area contributed by atoms with Crippen LogP contribution in [0.1, 0.15) is 46.6 Å². The van der Waals surface area contributed by atoms with Crippen molar-refractivity contribution in [3.8, 4) is 11.8 Å². The number of amides is 1. The van der Waals surface area contributed by atoms with Gasteiger partial charge in [-0.1, -0.05) is 28.6 Å². The van der Waals surface area contributed by atoms with Gasteiger partial charge in [0, 0.05) is 30.9 Å². The average Bonchev–Trinajstić information content (AvgIpc) is 3.40. The molecule has 1 fully saturated rings. The summed E-state index contributed by atoms with van der Waals surface area (Å²) in [5.41, 5.74) is -0.139. The van der Waals surface area contributed by atoms with Gasteiger partial charge >= 0.3 is 0 Å². The zero-order chi connectivity index (χ0) is 20.3. The molecule has 0 atom stereocenters. The number of halogens is 3. The van der Waals surface area contributed by atoms with Crippen LogP contribution in [0.15, 0.2) is 23.6 Å². The summed E-state index contributed by atoms with van der Waals surface area (Å²) in [6, 6.07) is 1.59. The first-order valence-electron chi connectivity index (χ1n) is 8.37. The van der Waals surface area contributed by atoms with E-state index < -0.39 is 18.0 Å². The van der Waals surface area contributed by atoms with Gasteiger partial charge in [-0.05, 0) is 18.9 Å². The normalized spacial score (nSPS) is 14.0. The minimum Gasteiger partial charge on any atom is -0.411 e. The first-order valence-corrected chi connectivity index (χ1v) is 8.75. The third-order valence-corrected chi connectivity index (χ3v) is 4.25. The van der Waals surface area contributed by atoms with Crippen molar-refractivity contribution < 1.29 is 18.8 Å². The highest BCUT2D eigenvalue weighted by molar-refractivity contribution is 6.34. The predicted octanol–water partition coefficient (Wildman–Crippen LogP) is 2.78. The van der Waals surface area contributed by atoms with E-state index in [9.17, 15) is 18.8 Å². The second kappa shape index (κ2) is 8.35. The highest BCUT2D eigenvalue weighted by atomic mass is 35.5. The maximum Gasteiger partial charge on any atom is 0.282 e. The van der Waals surface area contributed by atoms with Crippen molar-refractivity contribution in [2.24, 2.45) is 18.1 Å². The second-order valence-corrected chi connectivity index (χ2v) is 6.64. The Kier molecular flexibility index (Phi) is 5.90. The van der Waals surface area contributed by atoms with Crippen LogP contribution < -0.4 is 5.32 Å². The lowest BCUT2D eigenvalue weighted by molar-refractivity contribution is 0.0944. The standard InChI is InChI=1S/C18H16ClF2N5O2/c1-26-9-12(15(24-26)17(20)21)18(27)23-8-14(25-28)16-13(19)6-11(7-22-16)5-4-10-2-3-10/h6-7,9-10,17,28H,2-3,8H2,1H3,(H,23,27). The number of aryl methyl sites for hydroxylation is 1. The molecule has 0 saturated heterocycles. The van der Waals surface area contributed by atoms with Crippen LogP contribution in [0.25, 0.3) is 0 Å². The summed E-state index contributed by atoms with van der Waals surface area (Å²) in [5, 5.41) is 18.5. The Morgan fingerprint density at radius 2 is 2.29 bits per heavy atom. The summed E-state index contributed by atoms with van der Waals surface area (Å²) in [5.74, 6) is 5.70. The fourth-order valence-electron chi connectivity index (χ4n) is 2.40. The zero-order valence-corrected chi connectivity index (χ0v) is 15.5. The van der Waals surface area contributed by atoms with Crippen LogP contribution in [0.3, 0.4) is 0 Å². The molecule has 0 aromatic carbocycles. The largest absolute Gasteiger partial charge is 0.411 e. The van der Waals surface area contributed by atoms with E-state index in [0.717, 1.165) is 17.5 Å². The quantitative estimate of drug-likeness (QED) is 0.345. The number of hydrogen-bond donors (Lipinski definition) is 2. The van der Waals surface area contributed by atoms with Gasteiger partial charge in [-0.2, -0.15) is 5.10 Å². The van der Waals surface area contributed by atoms with E-state index in [4.69, 9.17) is 11.6 Å². The molecule has 0 bridgehead atoms. The van der Waals surface area contributed by atoms with E-state index in [1.54, 1.807) is 6.07 Å². The Bertz CT molecular complexity index is 990. The summed E-state index contributed by atoms with van der Waals surface area (Å²) in [6.07, 6.45) is 1.97. The molecule has 1 aliphatic carbocycles. The maximum absolute atomic E-state index is 13.0. The van der Waals surface area contributed by atoms with Gasteiger partial charge in [0.1, 0.15) is 17.1 Å². The predicted molar refractivity (Wildman–Crippen MR) is 97.7 cm³/mol. The Labute approximate surface area is 164 Å². The van der Waals surface area contributed by atoms with Gasteiger partial charge in [0.25, 0.3) is 12.3 Å². The number of aromatic nitrogens is 3. The molecule has 3 rings (SSSR count). The Morgan fingerprint density at radius 1 is 1.54 bits per heavy atom. The van der Waals surface area contributed by atoms with Crippen LogP contribution in [-0.4, -0.2) is 38.1 Å². The first-order chi connectivity index (χ1) is 13.4. The van der Waals surface area contributed by atoms with Crippen molar-refractivity contribution >= 4 is 23.2 Å². The van der Waals surface area contributed by atoms with E-state index in [0.29, 0.717) is 11.5 Å². The van der Waals surface area contributed by atoms with Crippen molar-refractivity contribution in [1.29, 1.82) is 0 Å². The van der Waals surface area contributed by atoms with Crippen molar-refractivity contribution in [3.63, 3.8) is 0 Å². The van der Waals surface area contributed by atoms with E-state index >= 15 is 0 Å². The molecule has 10 heteroatoms. The highest BCUT2D eigenvalue weighted by Gasteiger charge is 2.23. The number of carbonyl (C=O) groups excluding carboxylic acids is 1. The number of rotatable bonds is 5. The number of carbonyl (C=O) groups is 1. The molecule has 146 valence electrons. The van der Waals surface area contributed by atoms with Gasteiger partial charge in [-0.25, -0.2) is 8.78 Å². The van der Waals surface area contributed by atoms with Crippen LogP contribution in [0.4, 0.5) is 8.78 Å². The molecular weight excluding hydrogens is 392 g/mol. The molecule has 2 aromatic heterocycles. The fraction of sp³-hybridized carbons (Fsp3) is 0.333. The fourth-order valence-corrected chi connectivity index (χ4v) is 2.67. The van der Waals surface area contributed by atoms with Crippen molar-refractivity contribution in [2.75, 3.05) is 6.54 Å². The molecule has 0 unspecified atom stereocenters. The number of nitrogens with zero attached hydrogens (tertiary/aromatic N) is 4. The number of alkyl halides is 2. The van der Waals surface area contributed by atoms with Crippen molar-refractivity contribution in [2.45, 2.75) is 19.3 Å². The SMILES string of the molecule is Cn1cc(C(=O)NCC(=NO)c2ncc(C#CC3CC3)cc2Cl)c(C(F)F)n1. The summed E-state index contributed by atoms with van der Waals surface area (Å²) in [4.78, 5) is 16.4. The lowest BCUT2D eigenvalue weighted by Gasteiger charge is -2.08. The molecule has 1 amide bonds. The maximum atomic E-state index is 13.0.